The molecule has 0 aliphatic carbocycles. The number of methoxy groups -OCH3 is 1. The van der Waals surface area contributed by atoms with Crippen molar-refractivity contribution in [2.75, 3.05) is 7.11 Å². The van der Waals surface area contributed by atoms with E-state index in [1.165, 1.54) is 11.8 Å². The molecule has 0 bridgehead atoms. The minimum atomic E-state index is -0.438. The van der Waals surface area contributed by atoms with E-state index in [-0.39, 0.29) is 5.78 Å². The van der Waals surface area contributed by atoms with Crippen molar-refractivity contribution in [2.45, 2.75) is 24.3 Å². The molecule has 0 aliphatic heterocycles. The van der Waals surface area contributed by atoms with E-state index in [4.69, 9.17) is 4.74 Å². The summed E-state index contributed by atoms with van der Waals surface area (Å²) in [5, 5.41) is 9.03. The standard InChI is InChI=1S/C26H25N3O2S/c1-17-9-13-19(14-10-17)23(30)24(20-15-11-18(2)12-16-20)32-26-28-27-25(29(26)3)21-7-5-6-8-22(21)31-4/h5-16,24H,1-4H3. The summed E-state index contributed by atoms with van der Waals surface area (Å²) in [6.45, 7) is 4.05. The van der Waals surface area contributed by atoms with Gasteiger partial charge in [0.15, 0.2) is 16.8 Å². The third kappa shape index (κ3) is 4.46. The summed E-state index contributed by atoms with van der Waals surface area (Å²) < 4.78 is 7.40. The maximum Gasteiger partial charge on any atom is 0.192 e. The number of ketones is 1. The van der Waals surface area contributed by atoms with Crippen molar-refractivity contribution in [1.29, 1.82) is 0 Å². The third-order valence-corrected chi connectivity index (χ3v) is 6.65. The number of aromatic nitrogens is 3. The summed E-state index contributed by atoms with van der Waals surface area (Å²) in [5.74, 6) is 1.46. The summed E-state index contributed by atoms with van der Waals surface area (Å²) >= 11 is 1.41. The number of benzene rings is 3. The Bertz CT molecular complexity index is 1230. The van der Waals surface area contributed by atoms with E-state index < -0.39 is 5.25 Å². The molecule has 5 nitrogen and oxygen atoms in total. The number of Topliss-reactive ketones (excluding diaryl/α,β-unsaturated/α-hetero) is 1. The quantitative estimate of drug-likeness (QED) is 0.266. The zero-order chi connectivity index (χ0) is 22.7. The van der Waals surface area contributed by atoms with Crippen LogP contribution < -0.4 is 4.74 Å². The molecule has 1 aromatic heterocycles. The molecule has 1 unspecified atom stereocenters. The van der Waals surface area contributed by atoms with Crippen LogP contribution in [0.5, 0.6) is 5.75 Å². The predicted octanol–water partition coefficient (Wildman–Crippen LogP) is 5.82. The average molecular weight is 444 g/mol. The molecule has 0 aliphatic rings. The number of carbonyl (C=O) groups excluding carboxylic acids is 1. The highest BCUT2D eigenvalue weighted by atomic mass is 32.2. The number of hydrogen-bond acceptors (Lipinski definition) is 5. The number of nitrogens with zero attached hydrogens (tertiary/aromatic N) is 3. The van der Waals surface area contributed by atoms with Crippen LogP contribution in [0.2, 0.25) is 0 Å². The predicted molar refractivity (Wildman–Crippen MR) is 128 cm³/mol. The van der Waals surface area contributed by atoms with Gasteiger partial charge in [0, 0.05) is 12.6 Å². The first-order chi connectivity index (χ1) is 15.5. The highest BCUT2D eigenvalue weighted by molar-refractivity contribution is 8.00. The maximum atomic E-state index is 13.5. The van der Waals surface area contributed by atoms with E-state index >= 15 is 0 Å². The van der Waals surface area contributed by atoms with E-state index in [0.29, 0.717) is 16.5 Å². The van der Waals surface area contributed by atoms with Crippen LogP contribution in [-0.2, 0) is 7.05 Å². The number of aryl methyl sites for hydroxylation is 2. The maximum absolute atomic E-state index is 13.5. The van der Waals surface area contributed by atoms with Gasteiger partial charge in [0.2, 0.25) is 0 Å². The Morgan fingerprint density at radius 2 is 1.53 bits per heavy atom. The summed E-state index contributed by atoms with van der Waals surface area (Å²) in [7, 11) is 3.55. The molecule has 6 heteroatoms. The molecule has 3 aromatic carbocycles. The zero-order valence-corrected chi connectivity index (χ0v) is 19.4. The largest absolute Gasteiger partial charge is 0.496 e. The van der Waals surface area contributed by atoms with Crippen molar-refractivity contribution in [3.63, 3.8) is 0 Å². The number of ether oxygens (including phenoxy) is 1. The smallest absolute Gasteiger partial charge is 0.192 e. The molecule has 0 amide bonds. The van der Waals surface area contributed by atoms with Crippen LogP contribution in [0, 0.1) is 13.8 Å². The molecular weight excluding hydrogens is 418 g/mol. The van der Waals surface area contributed by atoms with Crippen molar-refractivity contribution in [3.05, 3.63) is 95.1 Å². The van der Waals surface area contributed by atoms with Crippen LogP contribution in [0.3, 0.4) is 0 Å². The fourth-order valence-corrected chi connectivity index (χ4v) is 4.55. The Kier molecular flexibility index (Phi) is 6.42. The molecule has 0 N–H and O–H groups in total. The highest BCUT2D eigenvalue weighted by Crippen LogP contribution is 2.39. The topological polar surface area (TPSA) is 57.0 Å². The van der Waals surface area contributed by atoms with E-state index in [0.717, 1.165) is 28.0 Å². The van der Waals surface area contributed by atoms with Crippen molar-refractivity contribution in [1.82, 2.24) is 14.8 Å². The minimum Gasteiger partial charge on any atom is -0.496 e. The van der Waals surface area contributed by atoms with Crippen molar-refractivity contribution in [2.24, 2.45) is 7.05 Å². The SMILES string of the molecule is COc1ccccc1-c1nnc(SC(C(=O)c2ccc(C)cc2)c2ccc(C)cc2)n1C. The van der Waals surface area contributed by atoms with Gasteiger partial charge < -0.3 is 9.30 Å². The van der Waals surface area contributed by atoms with Crippen LogP contribution >= 0.6 is 11.8 Å². The van der Waals surface area contributed by atoms with Crippen LogP contribution in [0.25, 0.3) is 11.4 Å². The Labute approximate surface area is 192 Å². The van der Waals surface area contributed by atoms with Crippen molar-refractivity contribution >= 4 is 17.5 Å². The molecule has 0 radical (unpaired) electrons. The Balaban J connectivity index is 1.72. The molecule has 0 saturated carbocycles. The lowest BCUT2D eigenvalue weighted by Gasteiger charge is -2.16. The molecule has 1 heterocycles. The summed E-state index contributed by atoms with van der Waals surface area (Å²) in [4.78, 5) is 13.5. The Morgan fingerprint density at radius 3 is 2.19 bits per heavy atom. The van der Waals surface area contributed by atoms with Gasteiger partial charge in [-0.2, -0.15) is 0 Å². The number of rotatable bonds is 7. The second-order valence-electron chi connectivity index (χ2n) is 7.70. The number of para-hydroxylation sites is 1. The fourth-order valence-electron chi connectivity index (χ4n) is 3.47. The van der Waals surface area contributed by atoms with Gasteiger partial charge in [-0.25, -0.2) is 0 Å². The lowest BCUT2D eigenvalue weighted by Crippen LogP contribution is -2.11. The van der Waals surface area contributed by atoms with E-state index in [9.17, 15) is 4.79 Å². The first-order valence-electron chi connectivity index (χ1n) is 10.3. The number of hydrogen-bond donors (Lipinski definition) is 0. The van der Waals surface area contributed by atoms with Gasteiger partial charge in [0.1, 0.15) is 11.0 Å². The van der Waals surface area contributed by atoms with Gasteiger partial charge >= 0.3 is 0 Å². The monoisotopic (exact) mass is 443 g/mol. The van der Waals surface area contributed by atoms with Crippen LogP contribution in [-0.4, -0.2) is 27.7 Å². The molecule has 4 rings (SSSR count). The van der Waals surface area contributed by atoms with Gasteiger partial charge in [0.05, 0.1) is 12.7 Å². The average Bonchev–Trinajstić information content (AvgIpc) is 3.18. The van der Waals surface area contributed by atoms with Crippen molar-refractivity contribution in [3.8, 4) is 17.1 Å². The van der Waals surface area contributed by atoms with E-state index in [1.54, 1.807) is 7.11 Å². The lowest BCUT2D eigenvalue weighted by atomic mass is 10.0. The van der Waals surface area contributed by atoms with E-state index in [2.05, 4.69) is 10.2 Å². The Hall–Kier alpha value is -3.38. The summed E-state index contributed by atoms with van der Waals surface area (Å²) in [6.07, 6.45) is 0. The molecule has 0 spiro atoms. The van der Waals surface area contributed by atoms with Crippen LogP contribution in [0.1, 0.15) is 32.3 Å². The highest BCUT2D eigenvalue weighted by Gasteiger charge is 2.26. The third-order valence-electron chi connectivity index (χ3n) is 5.36. The molecule has 0 saturated heterocycles. The molecule has 0 fully saturated rings. The molecule has 4 aromatic rings. The van der Waals surface area contributed by atoms with Crippen molar-refractivity contribution < 1.29 is 9.53 Å². The second-order valence-corrected chi connectivity index (χ2v) is 8.78. The van der Waals surface area contributed by atoms with Gasteiger partial charge in [0.25, 0.3) is 0 Å². The molecule has 1 atom stereocenters. The van der Waals surface area contributed by atoms with E-state index in [1.807, 2.05) is 98.3 Å². The lowest BCUT2D eigenvalue weighted by molar-refractivity contribution is 0.0989. The Morgan fingerprint density at radius 1 is 0.906 bits per heavy atom. The minimum absolute atomic E-state index is 0.0423. The number of thioether (sulfide) groups is 1. The number of carbonyl (C=O) groups is 1. The van der Waals surface area contributed by atoms with Gasteiger partial charge in [-0.3, -0.25) is 4.79 Å². The van der Waals surface area contributed by atoms with Crippen LogP contribution in [0.15, 0.2) is 78.0 Å². The molecule has 162 valence electrons. The first kappa shape index (κ1) is 21.8. The molecule has 32 heavy (non-hydrogen) atoms. The zero-order valence-electron chi connectivity index (χ0n) is 18.6. The fraction of sp³-hybridized carbons (Fsp3) is 0.192. The first-order valence-corrected chi connectivity index (χ1v) is 11.2. The normalized spacial score (nSPS) is 11.9. The van der Waals surface area contributed by atoms with Gasteiger partial charge in [-0.15, -0.1) is 10.2 Å². The second kappa shape index (κ2) is 9.40. The summed E-state index contributed by atoms with van der Waals surface area (Å²) in [5.41, 5.74) is 4.75. The molecular formula is C26H25N3O2S. The van der Waals surface area contributed by atoms with Gasteiger partial charge in [-0.05, 0) is 31.5 Å². The van der Waals surface area contributed by atoms with Crippen LogP contribution in [0.4, 0.5) is 0 Å². The van der Waals surface area contributed by atoms with Gasteiger partial charge in [-0.1, -0.05) is 83.6 Å². The summed E-state index contributed by atoms with van der Waals surface area (Å²) in [6, 6.07) is 23.5.